The fourth-order valence-electron chi connectivity index (χ4n) is 5.58. The van der Waals surface area contributed by atoms with Gasteiger partial charge in [-0.1, -0.05) is 48.5 Å². The van der Waals surface area contributed by atoms with E-state index in [-0.39, 0.29) is 19.1 Å². The molecular formula is C31H40N4O9S. The number of piperidine rings is 1. The fourth-order valence-corrected chi connectivity index (χ4v) is 6.58. The van der Waals surface area contributed by atoms with Gasteiger partial charge in [0, 0.05) is 32.0 Å². The third kappa shape index (κ3) is 8.31. The van der Waals surface area contributed by atoms with E-state index in [1.807, 2.05) is 48.5 Å². The van der Waals surface area contributed by atoms with E-state index in [2.05, 4.69) is 15.4 Å². The number of nitrogens with one attached hydrogen (secondary N) is 2. The summed E-state index contributed by atoms with van der Waals surface area (Å²) in [7, 11) is -3.49. The summed E-state index contributed by atoms with van der Waals surface area (Å²) in [6, 6.07) is 15.8. The van der Waals surface area contributed by atoms with Crippen LogP contribution < -0.4 is 14.9 Å². The van der Waals surface area contributed by atoms with Crippen molar-refractivity contribution >= 4 is 39.6 Å². The lowest BCUT2D eigenvalue weighted by Crippen LogP contribution is -2.61. The summed E-state index contributed by atoms with van der Waals surface area (Å²) in [6.07, 6.45) is 1.28. The molecule has 0 unspecified atom stereocenters. The zero-order chi connectivity index (χ0) is 32.8. The van der Waals surface area contributed by atoms with E-state index >= 15 is 0 Å². The fraction of sp³-hybridized carbons (Fsp3) is 0.484. The van der Waals surface area contributed by atoms with Gasteiger partial charge in [0.2, 0.25) is 28.6 Å². The van der Waals surface area contributed by atoms with Crippen LogP contribution in [-0.2, 0) is 50.6 Å². The molecule has 0 saturated carbocycles. The molecule has 2 heterocycles. The lowest BCUT2D eigenvalue weighted by Gasteiger charge is -2.41. The first-order valence-electron chi connectivity index (χ1n) is 14.6. The maximum Gasteiger partial charge on any atom is 0.410 e. The molecule has 2 aliphatic heterocycles. The van der Waals surface area contributed by atoms with E-state index in [1.165, 1.54) is 24.4 Å². The Morgan fingerprint density at radius 1 is 0.978 bits per heavy atom. The minimum atomic E-state index is -3.49. The number of esters is 1. The van der Waals surface area contributed by atoms with Gasteiger partial charge < -0.3 is 29.7 Å². The minimum Gasteiger partial charge on any atom is -0.428 e. The van der Waals surface area contributed by atoms with Crippen LogP contribution in [0, 0.1) is 0 Å². The van der Waals surface area contributed by atoms with Gasteiger partial charge in [-0.3, -0.25) is 18.7 Å². The number of para-hydroxylation sites is 1. The highest BCUT2D eigenvalue weighted by Gasteiger charge is 2.48. The van der Waals surface area contributed by atoms with E-state index in [0.29, 0.717) is 38.2 Å². The summed E-state index contributed by atoms with van der Waals surface area (Å²) in [4.78, 5) is 52.0. The van der Waals surface area contributed by atoms with Crippen LogP contribution in [-0.4, -0.2) is 88.1 Å². The van der Waals surface area contributed by atoms with Crippen molar-refractivity contribution in [3.63, 3.8) is 0 Å². The number of benzene rings is 2. The number of likely N-dealkylation sites (tertiary alicyclic amines) is 1. The van der Waals surface area contributed by atoms with Gasteiger partial charge in [0.05, 0.1) is 25.2 Å². The Labute approximate surface area is 263 Å². The maximum atomic E-state index is 13.9. The largest absolute Gasteiger partial charge is 0.428 e. The SMILES string of the molecule is CC(=O)OCOC(=O)NC(C)(C)C(=O)N[C@H](COCc1ccccc1)C(=O)N1CCC2(CC1)CN(S(C)(=O)=O)c1ccccc12. The van der Waals surface area contributed by atoms with Crippen molar-refractivity contribution in [2.24, 2.45) is 0 Å². The van der Waals surface area contributed by atoms with Crippen LogP contribution in [0.5, 0.6) is 0 Å². The molecule has 3 amide bonds. The van der Waals surface area contributed by atoms with Gasteiger partial charge in [-0.05, 0) is 43.9 Å². The number of anilines is 1. The average Bonchev–Trinajstić information content (AvgIpc) is 3.31. The summed E-state index contributed by atoms with van der Waals surface area (Å²) in [5.74, 6) is -1.65. The molecule has 2 N–H and O–H groups in total. The first kappa shape index (κ1) is 33.7. The Bertz CT molecular complexity index is 1510. The van der Waals surface area contributed by atoms with Gasteiger partial charge in [-0.25, -0.2) is 13.2 Å². The van der Waals surface area contributed by atoms with Gasteiger partial charge in [0.25, 0.3) is 0 Å². The number of amides is 3. The highest BCUT2D eigenvalue weighted by Crippen LogP contribution is 2.47. The molecule has 4 rings (SSSR count). The average molecular weight is 645 g/mol. The van der Waals surface area contributed by atoms with Crippen molar-refractivity contribution in [1.82, 2.24) is 15.5 Å². The number of hydrogen-bond donors (Lipinski definition) is 2. The predicted octanol–water partition coefficient (Wildman–Crippen LogP) is 2.05. The van der Waals surface area contributed by atoms with E-state index in [9.17, 15) is 27.6 Å². The summed E-state index contributed by atoms with van der Waals surface area (Å²) < 4.78 is 41.8. The molecule has 0 bridgehead atoms. The van der Waals surface area contributed by atoms with E-state index in [4.69, 9.17) is 9.47 Å². The zero-order valence-corrected chi connectivity index (χ0v) is 26.7. The third-order valence-corrected chi connectivity index (χ3v) is 9.18. The molecule has 0 aliphatic carbocycles. The van der Waals surface area contributed by atoms with Crippen molar-refractivity contribution in [3.05, 3.63) is 65.7 Å². The van der Waals surface area contributed by atoms with E-state index in [1.54, 1.807) is 11.0 Å². The van der Waals surface area contributed by atoms with Crippen molar-refractivity contribution in [2.75, 3.05) is 43.6 Å². The lowest BCUT2D eigenvalue weighted by atomic mass is 9.74. The second kappa shape index (κ2) is 13.9. The highest BCUT2D eigenvalue weighted by molar-refractivity contribution is 7.92. The van der Waals surface area contributed by atoms with E-state index in [0.717, 1.165) is 18.1 Å². The molecule has 2 aromatic rings. The van der Waals surface area contributed by atoms with Crippen LogP contribution in [0.15, 0.2) is 54.6 Å². The van der Waals surface area contributed by atoms with Crippen molar-refractivity contribution in [1.29, 1.82) is 0 Å². The van der Waals surface area contributed by atoms with Crippen LogP contribution in [0.4, 0.5) is 10.5 Å². The first-order valence-corrected chi connectivity index (χ1v) is 16.4. The van der Waals surface area contributed by atoms with Crippen LogP contribution >= 0.6 is 0 Å². The number of hydrogen-bond acceptors (Lipinski definition) is 9. The highest BCUT2D eigenvalue weighted by atomic mass is 32.2. The third-order valence-electron chi connectivity index (χ3n) is 8.06. The summed E-state index contributed by atoms with van der Waals surface area (Å²) in [5, 5.41) is 5.14. The number of nitrogens with zero attached hydrogens (tertiary/aromatic N) is 2. The van der Waals surface area contributed by atoms with Gasteiger partial charge >= 0.3 is 12.1 Å². The minimum absolute atomic E-state index is 0.126. The summed E-state index contributed by atoms with van der Waals surface area (Å²) in [5.41, 5.74) is 0.576. The normalized spacial score (nSPS) is 16.4. The number of carbonyl (C=O) groups excluding carboxylic acids is 4. The second-order valence-corrected chi connectivity index (χ2v) is 13.8. The Balaban J connectivity index is 1.45. The van der Waals surface area contributed by atoms with Gasteiger partial charge in [0.1, 0.15) is 11.6 Å². The quantitative estimate of drug-likeness (QED) is 0.276. The standard InChI is InChI=1S/C31H40N4O9S/c1-22(36)43-21-44-29(39)33-30(2,3)28(38)32-25(19-42-18-23-10-6-5-7-11-23)27(37)34-16-14-31(15-17-34)20-35(45(4,40)41)26-13-9-8-12-24(26)31/h5-13,25H,14-21H2,1-4H3,(H,32,38)(H,33,39)/t25-/m1/s1. The maximum absolute atomic E-state index is 13.9. The molecule has 1 saturated heterocycles. The smallest absolute Gasteiger partial charge is 0.410 e. The summed E-state index contributed by atoms with van der Waals surface area (Å²) in [6.45, 7) is 4.52. The lowest BCUT2D eigenvalue weighted by molar-refractivity contribution is -0.149. The molecule has 13 nitrogen and oxygen atoms in total. The number of carbonyl (C=O) groups is 4. The number of alkyl carbamates (subject to hydrolysis) is 1. The van der Waals surface area contributed by atoms with E-state index < -0.39 is 51.8 Å². The Kier molecular flexibility index (Phi) is 10.4. The molecule has 45 heavy (non-hydrogen) atoms. The second-order valence-electron chi connectivity index (χ2n) is 11.9. The van der Waals surface area contributed by atoms with Crippen LogP contribution in [0.2, 0.25) is 0 Å². The molecule has 1 atom stereocenters. The molecular weight excluding hydrogens is 604 g/mol. The molecule has 1 spiro atoms. The van der Waals surface area contributed by atoms with Crippen molar-refractivity contribution in [2.45, 2.75) is 57.2 Å². The molecule has 2 aromatic carbocycles. The summed E-state index contributed by atoms with van der Waals surface area (Å²) >= 11 is 0. The molecule has 14 heteroatoms. The topological polar surface area (TPSA) is 161 Å². The molecule has 0 radical (unpaired) electrons. The van der Waals surface area contributed by atoms with Crippen LogP contribution in [0.3, 0.4) is 0 Å². The Morgan fingerprint density at radius 2 is 1.62 bits per heavy atom. The van der Waals surface area contributed by atoms with Gasteiger partial charge in [0.15, 0.2) is 0 Å². The predicted molar refractivity (Wildman–Crippen MR) is 164 cm³/mol. The van der Waals surface area contributed by atoms with Crippen molar-refractivity contribution in [3.8, 4) is 0 Å². The van der Waals surface area contributed by atoms with Gasteiger partial charge in [-0.2, -0.15) is 0 Å². The number of sulfonamides is 1. The molecule has 2 aliphatic rings. The molecule has 244 valence electrons. The number of rotatable bonds is 11. The molecule has 1 fully saturated rings. The first-order chi connectivity index (χ1) is 21.2. The molecule has 0 aromatic heterocycles. The van der Waals surface area contributed by atoms with Crippen LogP contribution in [0.25, 0.3) is 0 Å². The van der Waals surface area contributed by atoms with Crippen LogP contribution in [0.1, 0.15) is 44.7 Å². The van der Waals surface area contributed by atoms with Gasteiger partial charge in [-0.15, -0.1) is 0 Å². The Morgan fingerprint density at radius 3 is 2.27 bits per heavy atom. The number of fused-ring (bicyclic) bond motifs is 2. The number of ether oxygens (including phenoxy) is 3. The Hall–Kier alpha value is -4.17. The monoisotopic (exact) mass is 644 g/mol. The van der Waals surface area contributed by atoms with Crippen molar-refractivity contribution < 1.29 is 41.8 Å². The zero-order valence-electron chi connectivity index (χ0n) is 25.9.